The van der Waals surface area contributed by atoms with Crippen molar-refractivity contribution in [2.24, 2.45) is 0 Å². The summed E-state index contributed by atoms with van der Waals surface area (Å²) in [6.07, 6.45) is 0.115. The van der Waals surface area contributed by atoms with Gasteiger partial charge in [-0.1, -0.05) is 23.1 Å². The molecule has 2 aromatic heterocycles. The number of aromatic nitrogens is 2. The molecule has 31 heavy (non-hydrogen) atoms. The maximum atomic E-state index is 13.1. The van der Waals surface area contributed by atoms with Crippen LogP contribution in [0.15, 0.2) is 32.4 Å². The Morgan fingerprint density at radius 3 is 2.87 bits per heavy atom. The van der Waals surface area contributed by atoms with E-state index >= 15 is 0 Å². The maximum Gasteiger partial charge on any atom is 0.352 e. The van der Waals surface area contributed by atoms with Crippen molar-refractivity contribution < 1.29 is 24.2 Å². The van der Waals surface area contributed by atoms with Gasteiger partial charge in [0.25, 0.3) is 11.6 Å². The maximum absolute atomic E-state index is 13.1. The molecule has 0 spiro atoms. The predicted octanol–water partition coefficient (Wildman–Crippen LogP) is 1.96. The van der Waals surface area contributed by atoms with Gasteiger partial charge in [-0.3, -0.25) is 14.5 Å². The molecule has 2 amide bonds. The standard InChI is InChI=1S/C18H18N4O5S4/c1-9-20-21-17(31-9)30-8-11-7-29-16-18(27-2,15(26)22(16)13(11)14(24)25)19-12(23)5-10-3-4-28-6-10/h3-4,6,16H,5,7-8H2,1-2H3,(H,19,23)(H,24,25)/t16-,18?/m0/s1. The SMILES string of the molecule is COC1(NC(=O)Cc2ccsc2)C(=O)N2C(C(=O)O)=C(CSc3nnc(C)s3)CS[C@H]21. The number of aryl methyl sites for hydroxylation is 1. The van der Waals surface area contributed by atoms with E-state index < -0.39 is 23.0 Å². The number of carboxylic acids is 1. The molecule has 0 aliphatic carbocycles. The predicted molar refractivity (Wildman–Crippen MR) is 119 cm³/mol. The highest BCUT2D eigenvalue weighted by Gasteiger charge is 2.66. The number of carbonyl (C=O) groups is 3. The van der Waals surface area contributed by atoms with E-state index in [2.05, 4.69) is 15.5 Å². The van der Waals surface area contributed by atoms with Gasteiger partial charge in [0, 0.05) is 18.6 Å². The van der Waals surface area contributed by atoms with Crippen LogP contribution >= 0.6 is 46.2 Å². The van der Waals surface area contributed by atoms with Gasteiger partial charge in [0.2, 0.25) is 5.91 Å². The van der Waals surface area contributed by atoms with Crippen molar-refractivity contribution in [3.63, 3.8) is 0 Å². The number of carboxylic acid groups (broad SMARTS) is 1. The molecule has 0 saturated carbocycles. The second-order valence-electron chi connectivity index (χ2n) is 6.77. The number of ether oxygens (including phenoxy) is 1. The zero-order valence-electron chi connectivity index (χ0n) is 16.5. The Hall–Kier alpha value is -1.93. The van der Waals surface area contributed by atoms with Gasteiger partial charge in [-0.2, -0.15) is 11.3 Å². The molecule has 9 nitrogen and oxygen atoms in total. The molecule has 1 unspecified atom stereocenters. The number of rotatable bonds is 8. The third-order valence-electron chi connectivity index (χ3n) is 4.78. The molecule has 4 heterocycles. The number of β-lactam (4-membered cyclic amide) rings is 1. The van der Waals surface area contributed by atoms with E-state index in [-0.39, 0.29) is 18.0 Å². The number of hydrogen-bond donors (Lipinski definition) is 2. The molecular weight excluding hydrogens is 480 g/mol. The number of nitrogens with zero attached hydrogens (tertiary/aromatic N) is 3. The van der Waals surface area contributed by atoms with Crippen LogP contribution in [-0.4, -0.2) is 67.7 Å². The van der Waals surface area contributed by atoms with Gasteiger partial charge in [-0.15, -0.1) is 22.0 Å². The Balaban J connectivity index is 1.52. The molecule has 164 valence electrons. The van der Waals surface area contributed by atoms with E-state index in [4.69, 9.17) is 4.74 Å². The van der Waals surface area contributed by atoms with Crippen molar-refractivity contribution >= 4 is 64.0 Å². The summed E-state index contributed by atoms with van der Waals surface area (Å²) in [7, 11) is 1.34. The Labute approximate surface area is 194 Å². The summed E-state index contributed by atoms with van der Waals surface area (Å²) in [5, 5.41) is 24.4. The average molecular weight is 499 g/mol. The number of aliphatic carboxylic acids is 1. The van der Waals surface area contributed by atoms with Crippen molar-refractivity contribution in [3.05, 3.63) is 38.7 Å². The monoisotopic (exact) mass is 498 g/mol. The molecule has 0 bridgehead atoms. The lowest BCUT2D eigenvalue weighted by atomic mass is 9.98. The second kappa shape index (κ2) is 8.90. The Morgan fingerprint density at radius 2 is 2.26 bits per heavy atom. The summed E-state index contributed by atoms with van der Waals surface area (Å²) in [6, 6.07) is 1.84. The fourth-order valence-corrected chi connectivity index (χ4v) is 7.43. The smallest absolute Gasteiger partial charge is 0.352 e. The minimum atomic E-state index is -1.58. The fourth-order valence-electron chi connectivity index (χ4n) is 3.37. The first kappa shape index (κ1) is 22.3. The number of thioether (sulfide) groups is 2. The Bertz CT molecular complexity index is 1050. The van der Waals surface area contributed by atoms with Gasteiger partial charge in [-0.25, -0.2) is 4.79 Å². The number of fused-ring (bicyclic) bond motifs is 1. The van der Waals surface area contributed by atoms with E-state index in [1.807, 2.05) is 23.8 Å². The minimum Gasteiger partial charge on any atom is -0.477 e. The molecule has 2 aromatic rings. The van der Waals surface area contributed by atoms with Crippen LogP contribution in [0.25, 0.3) is 0 Å². The fraction of sp³-hybridized carbons (Fsp3) is 0.389. The zero-order chi connectivity index (χ0) is 22.2. The summed E-state index contributed by atoms with van der Waals surface area (Å²) >= 11 is 5.67. The summed E-state index contributed by atoms with van der Waals surface area (Å²) in [5.74, 6) is -1.35. The largest absolute Gasteiger partial charge is 0.477 e. The van der Waals surface area contributed by atoms with Crippen molar-refractivity contribution in [1.82, 2.24) is 20.4 Å². The van der Waals surface area contributed by atoms with E-state index in [0.717, 1.165) is 14.9 Å². The average Bonchev–Trinajstić information content (AvgIpc) is 3.40. The molecule has 0 radical (unpaired) electrons. The molecular formula is C18H18N4O5S4. The first-order valence-electron chi connectivity index (χ1n) is 9.06. The summed E-state index contributed by atoms with van der Waals surface area (Å²) in [5.41, 5.74) is -0.171. The van der Waals surface area contributed by atoms with Crippen LogP contribution in [-0.2, 0) is 25.5 Å². The number of hydrogen-bond acceptors (Lipinski definition) is 10. The summed E-state index contributed by atoms with van der Waals surface area (Å²) in [4.78, 5) is 38.8. The lowest BCUT2D eigenvalue weighted by Gasteiger charge is -2.55. The number of methoxy groups -OCH3 is 1. The van der Waals surface area contributed by atoms with Crippen LogP contribution in [0.1, 0.15) is 10.6 Å². The number of amides is 2. The number of thiophene rings is 1. The van der Waals surface area contributed by atoms with Crippen molar-refractivity contribution in [2.75, 3.05) is 18.6 Å². The van der Waals surface area contributed by atoms with Crippen LogP contribution in [0.2, 0.25) is 0 Å². The molecule has 1 saturated heterocycles. The van der Waals surface area contributed by atoms with Gasteiger partial charge >= 0.3 is 5.97 Å². The minimum absolute atomic E-state index is 0.0535. The van der Waals surface area contributed by atoms with Crippen molar-refractivity contribution in [3.8, 4) is 0 Å². The highest BCUT2D eigenvalue weighted by atomic mass is 32.2. The summed E-state index contributed by atoms with van der Waals surface area (Å²) in [6.45, 7) is 1.85. The van der Waals surface area contributed by atoms with Crippen LogP contribution in [0, 0.1) is 6.92 Å². The van der Waals surface area contributed by atoms with Gasteiger partial charge in [0.05, 0.1) is 6.42 Å². The van der Waals surface area contributed by atoms with Crippen molar-refractivity contribution in [2.45, 2.75) is 28.8 Å². The second-order valence-corrected chi connectivity index (χ2v) is 11.0. The highest BCUT2D eigenvalue weighted by Crippen LogP contribution is 2.47. The van der Waals surface area contributed by atoms with Crippen LogP contribution in [0.5, 0.6) is 0 Å². The third-order valence-corrected chi connectivity index (χ3v) is 8.95. The molecule has 2 aliphatic heterocycles. The molecule has 1 fully saturated rings. The zero-order valence-corrected chi connectivity index (χ0v) is 19.8. The molecule has 2 atom stereocenters. The van der Waals surface area contributed by atoms with E-state index in [1.54, 1.807) is 0 Å². The third kappa shape index (κ3) is 4.12. The quantitative estimate of drug-likeness (QED) is 0.319. The van der Waals surface area contributed by atoms with Crippen LogP contribution in [0.4, 0.5) is 0 Å². The number of carbonyl (C=O) groups excluding carboxylic acids is 2. The Morgan fingerprint density at radius 1 is 1.45 bits per heavy atom. The van der Waals surface area contributed by atoms with Crippen LogP contribution in [0.3, 0.4) is 0 Å². The molecule has 13 heteroatoms. The van der Waals surface area contributed by atoms with E-state index in [9.17, 15) is 19.5 Å². The van der Waals surface area contributed by atoms with Crippen LogP contribution < -0.4 is 5.32 Å². The highest BCUT2D eigenvalue weighted by molar-refractivity contribution is 8.01. The number of nitrogens with one attached hydrogen (secondary N) is 1. The van der Waals surface area contributed by atoms with E-state index in [1.165, 1.54) is 58.2 Å². The summed E-state index contributed by atoms with van der Waals surface area (Å²) < 4.78 is 6.20. The Kier molecular flexibility index (Phi) is 6.40. The molecule has 0 aromatic carbocycles. The van der Waals surface area contributed by atoms with Gasteiger partial charge < -0.3 is 15.2 Å². The molecule has 4 rings (SSSR count). The normalized spacial score (nSPS) is 22.8. The van der Waals surface area contributed by atoms with Gasteiger partial charge in [-0.05, 0) is 34.9 Å². The lowest BCUT2D eigenvalue weighted by Crippen LogP contribution is -2.80. The topological polar surface area (TPSA) is 122 Å². The van der Waals surface area contributed by atoms with E-state index in [0.29, 0.717) is 17.1 Å². The van der Waals surface area contributed by atoms with Crippen molar-refractivity contribution in [1.29, 1.82) is 0 Å². The van der Waals surface area contributed by atoms with Gasteiger partial charge in [0.15, 0.2) is 4.34 Å². The first-order chi connectivity index (χ1) is 14.9. The molecule has 2 aliphatic rings. The van der Waals surface area contributed by atoms with Gasteiger partial charge in [0.1, 0.15) is 16.1 Å². The lowest BCUT2D eigenvalue weighted by molar-refractivity contribution is -0.192. The first-order valence-corrected chi connectivity index (χ1v) is 12.9. The molecule has 2 N–H and O–H groups in total.